The maximum atomic E-state index is 12.3. The van der Waals surface area contributed by atoms with Crippen LogP contribution >= 0.6 is 0 Å². The highest BCUT2D eigenvalue weighted by molar-refractivity contribution is 8.13. The number of likely N-dealkylation sites (N-methyl/N-ethyl adjacent to an activating group) is 1. The highest BCUT2D eigenvalue weighted by Crippen LogP contribution is 2.47. The zero-order valence-electron chi connectivity index (χ0n) is 14.8. The molecule has 8 nitrogen and oxygen atoms in total. The van der Waals surface area contributed by atoms with Crippen molar-refractivity contribution in [3.8, 4) is 0 Å². The van der Waals surface area contributed by atoms with Crippen molar-refractivity contribution < 1.29 is 75.4 Å². The Kier molecular flexibility index (Phi) is 10.1. The molecule has 0 aromatic carbocycles. The monoisotopic (exact) mass is 514 g/mol. The van der Waals surface area contributed by atoms with Crippen molar-refractivity contribution in [2.75, 3.05) is 40.4 Å². The Labute approximate surface area is 163 Å². The van der Waals surface area contributed by atoms with E-state index in [1.54, 1.807) is 0 Å². The van der Waals surface area contributed by atoms with Crippen molar-refractivity contribution >= 4 is 20.0 Å². The van der Waals surface area contributed by atoms with Crippen molar-refractivity contribution in [3.63, 3.8) is 0 Å². The highest BCUT2D eigenvalue weighted by Gasteiger charge is 2.68. The Balaban J connectivity index is 0. The molecule has 0 aromatic heterocycles. The molecule has 0 rings (SSSR count). The smallest absolute Gasteiger partial charge is 0.425 e. The third kappa shape index (κ3) is 7.62. The summed E-state index contributed by atoms with van der Waals surface area (Å²) in [7, 11) is -11.3. The van der Waals surface area contributed by atoms with Crippen LogP contribution in [0, 0.1) is 0 Å². The number of rotatable bonds is 8. The zero-order valence-corrected chi connectivity index (χ0v) is 16.5. The van der Waals surface area contributed by atoms with Gasteiger partial charge in [-0.15, -0.1) is 0 Å². The van der Waals surface area contributed by atoms with Gasteiger partial charge in [0.15, 0.2) is 20.0 Å². The summed E-state index contributed by atoms with van der Waals surface area (Å²) >= 11 is 0. The number of hydrogen-bond donors (Lipinski definition) is 2. The number of aliphatic hydroxyl groups is 2. The van der Waals surface area contributed by atoms with Crippen LogP contribution in [0.1, 0.15) is 0 Å². The summed E-state index contributed by atoms with van der Waals surface area (Å²) in [5.41, 5.74) is 0. The van der Waals surface area contributed by atoms with Crippen LogP contribution in [0.15, 0.2) is 0 Å². The summed E-state index contributed by atoms with van der Waals surface area (Å²) in [6.45, 7) is 1.79. The second kappa shape index (κ2) is 9.67. The van der Waals surface area contributed by atoms with E-state index in [0.717, 1.165) is 0 Å². The average molecular weight is 514 g/mol. The Hall–Kier alpha value is -0.960. The Morgan fingerprint density at radius 2 is 0.900 bits per heavy atom. The number of halogens is 10. The van der Waals surface area contributed by atoms with E-state index in [2.05, 4.69) is 0 Å². The van der Waals surface area contributed by atoms with Crippen LogP contribution in [0.2, 0.25) is 0 Å². The highest BCUT2D eigenvalue weighted by atomic mass is 32.3. The van der Waals surface area contributed by atoms with E-state index in [9.17, 15) is 60.7 Å². The summed E-state index contributed by atoms with van der Waals surface area (Å²) in [5, 5.41) is 3.08. The van der Waals surface area contributed by atoms with Gasteiger partial charge < -0.3 is 18.8 Å². The quantitative estimate of drug-likeness (QED) is 0.373. The topological polar surface area (TPSA) is 123 Å². The maximum absolute atomic E-state index is 12.3. The van der Waals surface area contributed by atoms with Gasteiger partial charge in [-0.2, -0.15) is 43.9 Å². The van der Waals surface area contributed by atoms with Gasteiger partial charge in [0, 0.05) is 0 Å². The van der Waals surface area contributed by atoms with Crippen molar-refractivity contribution in [2.24, 2.45) is 0 Å². The van der Waals surface area contributed by atoms with Crippen molar-refractivity contribution in [1.82, 2.24) is 0 Å². The number of nitrogens with zero attached hydrogens (tertiary/aromatic N) is 2. The molecule has 0 aliphatic heterocycles. The second-order valence-corrected chi connectivity index (χ2v) is 9.41. The third-order valence-corrected chi connectivity index (χ3v) is 6.24. The Bertz CT molecular complexity index is 699. The molecule has 0 saturated carbocycles. The molecule has 0 unspecified atom stereocenters. The van der Waals surface area contributed by atoms with Gasteiger partial charge in [-0.1, -0.05) is 0 Å². The zero-order chi connectivity index (χ0) is 25.0. The molecule has 0 radical (unpaired) electrons. The van der Waals surface area contributed by atoms with Crippen molar-refractivity contribution in [2.45, 2.75) is 22.9 Å². The van der Waals surface area contributed by atoms with E-state index in [-0.39, 0.29) is 13.2 Å². The molecule has 30 heavy (non-hydrogen) atoms. The van der Waals surface area contributed by atoms with Crippen LogP contribution in [-0.4, -0.2) is 94.8 Å². The summed E-state index contributed by atoms with van der Waals surface area (Å²) in [6.07, 6.45) is -14.0. The van der Waals surface area contributed by atoms with Gasteiger partial charge in [0.2, 0.25) is 0 Å². The van der Waals surface area contributed by atoms with Gasteiger partial charge in [-0.3, -0.25) is 0 Å². The molecule has 0 fully saturated rings. The Morgan fingerprint density at radius 1 is 0.667 bits per heavy atom. The molecule has 0 amide bonds. The minimum atomic E-state index is -7.62. The molecule has 0 spiro atoms. The summed E-state index contributed by atoms with van der Waals surface area (Å²) < 4.78 is 162. The van der Waals surface area contributed by atoms with Gasteiger partial charge in [0.25, 0.3) is 0 Å². The van der Waals surface area contributed by atoms with Crippen LogP contribution < -0.4 is 0 Å². The van der Waals surface area contributed by atoms with E-state index in [1.807, 2.05) is 14.1 Å². The molecule has 184 valence electrons. The fourth-order valence-electron chi connectivity index (χ4n) is 1.17. The summed E-state index contributed by atoms with van der Waals surface area (Å²) in [4.78, 5) is 0. The maximum Gasteiger partial charge on any atom is 0.467 e. The predicted molar refractivity (Wildman–Crippen MR) is 79.2 cm³/mol. The lowest BCUT2D eigenvalue weighted by molar-refractivity contribution is -0.890. The number of quaternary nitrogens is 1. The molecule has 20 heteroatoms. The van der Waals surface area contributed by atoms with E-state index < -0.39 is 42.9 Å². The van der Waals surface area contributed by atoms with E-state index in [0.29, 0.717) is 21.7 Å². The molecule has 0 bridgehead atoms. The molecule has 0 aliphatic carbocycles. The number of aliphatic hydroxyl groups excluding tert-OH is 2. The van der Waals surface area contributed by atoms with E-state index >= 15 is 0 Å². The minimum Gasteiger partial charge on any atom is -0.425 e. The lowest BCUT2D eigenvalue weighted by Crippen LogP contribution is -2.48. The van der Waals surface area contributed by atoms with Crippen LogP contribution in [0.25, 0.3) is 4.13 Å². The first kappa shape index (κ1) is 31.2. The molecule has 0 saturated heterocycles. The fourth-order valence-corrected chi connectivity index (χ4v) is 3.54. The van der Waals surface area contributed by atoms with Crippen molar-refractivity contribution in [1.29, 1.82) is 0 Å². The molecule has 0 aromatic rings. The normalized spacial score (nSPS) is 14.9. The van der Waals surface area contributed by atoms with Crippen molar-refractivity contribution in [3.05, 3.63) is 4.13 Å². The Morgan fingerprint density at radius 3 is 1.07 bits per heavy atom. The largest absolute Gasteiger partial charge is 0.467 e. The van der Waals surface area contributed by atoms with Crippen LogP contribution in [0.4, 0.5) is 43.9 Å². The SMILES string of the molecule is C[N+](C)(CCO)CCO.O=S(=O)([N-]S(=O)(=O)C(F)(F)C(F)(F)F)C(F)(F)C(F)(F)F. The molecule has 2 N–H and O–H groups in total. The first-order chi connectivity index (χ1) is 12.8. The van der Waals surface area contributed by atoms with Crippen LogP contribution in [-0.2, 0) is 20.0 Å². The van der Waals surface area contributed by atoms with Gasteiger partial charge in [0.05, 0.1) is 27.3 Å². The third-order valence-electron chi connectivity index (χ3n) is 2.91. The van der Waals surface area contributed by atoms with E-state index in [4.69, 9.17) is 10.2 Å². The van der Waals surface area contributed by atoms with Crippen LogP contribution in [0.3, 0.4) is 0 Å². The first-order valence-electron chi connectivity index (χ1n) is 6.99. The molecule has 0 atom stereocenters. The minimum absolute atomic E-state index is 0.188. The summed E-state index contributed by atoms with van der Waals surface area (Å²) in [5.74, 6) is 0. The van der Waals surface area contributed by atoms with Gasteiger partial charge in [-0.25, -0.2) is 16.8 Å². The fraction of sp³-hybridized carbons (Fsp3) is 1.00. The summed E-state index contributed by atoms with van der Waals surface area (Å²) in [6, 6.07) is 0. The molecule has 0 heterocycles. The van der Waals surface area contributed by atoms with Gasteiger partial charge in [0.1, 0.15) is 13.1 Å². The number of sulfonamides is 2. The lowest BCUT2D eigenvalue weighted by atomic mass is 10.4. The standard InChI is InChI=1S/C6H16NO2.C4F10NO4S2/c1-7(2,3-5-8)4-6-9;5-1(6,7)3(11,12)20(16,17)15-21(18,19)4(13,14)2(8,9)10/h8-9H,3-6H2,1-2H3;/q+1;-1. The molecule has 0 aliphatic rings. The molecular formula is C10H16F10N2O6S2. The first-order valence-corrected chi connectivity index (χ1v) is 9.87. The predicted octanol–water partition coefficient (Wildman–Crippen LogP) is 1.38. The van der Waals surface area contributed by atoms with Crippen LogP contribution in [0.5, 0.6) is 0 Å². The average Bonchev–Trinajstić information content (AvgIpc) is 2.43. The van der Waals surface area contributed by atoms with Gasteiger partial charge >= 0.3 is 22.9 Å². The van der Waals surface area contributed by atoms with Gasteiger partial charge in [-0.05, 0) is 0 Å². The molecular weight excluding hydrogens is 498 g/mol. The number of alkyl halides is 10. The second-order valence-electron chi connectivity index (χ2n) is 5.88. The lowest BCUT2D eigenvalue weighted by Gasteiger charge is -2.31. The van der Waals surface area contributed by atoms with E-state index in [1.165, 1.54) is 0 Å². The number of hydrogen-bond acceptors (Lipinski definition) is 6.